The molecular formula is C26H25F2N7. The van der Waals surface area contributed by atoms with E-state index in [0.29, 0.717) is 22.6 Å². The van der Waals surface area contributed by atoms with Crippen LogP contribution in [0.3, 0.4) is 0 Å². The number of piperidine rings is 1. The minimum atomic E-state index is -2.65. The Kier molecular flexibility index (Phi) is 5.39. The number of nitrogens with one attached hydrogen (secondary N) is 1. The summed E-state index contributed by atoms with van der Waals surface area (Å²) >= 11 is 0. The van der Waals surface area contributed by atoms with Gasteiger partial charge in [-0.15, -0.1) is 0 Å². The summed E-state index contributed by atoms with van der Waals surface area (Å²) in [6.45, 7) is 1.15. The Morgan fingerprint density at radius 1 is 1.06 bits per heavy atom. The molecular weight excluding hydrogens is 448 g/mol. The highest BCUT2D eigenvalue weighted by atomic mass is 19.3. The Hall–Kier alpha value is -3.88. The molecule has 0 spiro atoms. The quantitative estimate of drug-likeness (QED) is 0.429. The molecule has 0 unspecified atom stereocenters. The van der Waals surface area contributed by atoms with E-state index in [0.717, 1.165) is 71.4 Å². The number of H-pyrrole nitrogens is 1. The number of hydrogen-bond acceptors (Lipinski definition) is 5. The number of aryl methyl sites for hydroxylation is 1. The second kappa shape index (κ2) is 8.72. The molecule has 9 heteroatoms. The zero-order valence-electron chi connectivity index (χ0n) is 19.3. The van der Waals surface area contributed by atoms with Gasteiger partial charge in [0.25, 0.3) is 0 Å². The van der Waals surface area contributed by atoms with Crippen LogP contribution in [0.4, 0.5) is 14.6 Å². The molecule has 4 aromatic rings. The number of anilines is 1. The van der Waals surface area contributed by atoms with E-state index in [1.54, 1.807) is 6.33 Å². The normalized spacial score (nSPS) is 16.1. The summed E-state index contributed by atoms with van der Waals surface area (Å²) in [6, 6.07) is 10.3. The second-order valence-electron chi connectivity index (χ2n) is 9.11. The highest BCUT2D eigenvalue weighted by Crippen LogP contribution is 2.37. The number of benzene rings is 1. The lowest BCUT2D eigenvalue weighted by atomic mass is 9.96. The Bertz CT molecular complexity index is 1380. The van der Waals surface area contributed by atoms with Crippen molar-refractivity contribution in [2.45, 2.75) is 38.7 Å². The first kappa shape index (κ1) is 21.6. The maximum absolute atomic E-state index is 12.9. The van der Waals surface area contributed by atoms with Gasteiger partial charge in [-0.1, -0.05) is 30.3 Å². The van der Waals surface area contributed by atoms with E-state index in [4.69, 9.17) is 4.98 Å². The van der Waals surface area contributed by atoms with Gasteiger partial charge in [-0.2, -0.15) is 13.9 Å². The average Bonchev–Trinajstić information content (AvgIpc) is 3.62. The van der Waals surface area contributed by atoms with E-state index in [1.165, 1.54) is 12.4 Å². The second-order valence-corrected chi connectivity index (χ2v) is 9.11. The number of hydrogen-bond donors (Lipinski definition) is 1. The zero-order valence-corrected chi connectivity index (χ0v) is 19.3. The first-order chi connectivity index (χ1) is 17.1. The highest BCUT2D eigenvalue weighted by Gasteiger charge is 2.28. The van der Waals surface area contributed by atoms with Crippen molar-refractivity contribution in [2.75, 3.05) is 18.0 Å². The third-order valence-corrected chi connectivity index (χ3v) is 6.93. The molecule has 178 valence electrons. The van der Waals surface area contributed by atoms with Crippen LogP contribution in [0, 0.1) is 6.92 Å². The fraction of sp³-hybridized carbons (Fsp3) is 0.308. The molecule has 1 saturated heterocycles. The molecule has 0 atom stereocenters. The van der Waals surface area contributed by atoms with Crippen LogP contribution in [0.25, 0.3) is 22.9 Å². The third kappa shape index (κ3) is 4.00. The number of imidazole rings is 1. The van der Waals surface area contributed by atoms with E-state index in [1.807, 2.05) is 24.3 Å². The lowest BCUT2D eigenvalue weighted by Crippen LogP contribution is -2.34. The Morgan fingerprint density at radius 2 is 1.86 bits per heavy atom. The molecule has 1 aliphatic carbocycles. The summed E-state index contributed by atoms with van der Waals surface area (Å²) in [5, 5.41) is 3.77. The minimum absolute atomic E-state index is 0.364. The lowest BCUT2D eigenvalue weighted by molar-refractivity contribution is 0.0566. The molecule has 0 saturated carbocycles. The third-order valence-electron chi connectivity index (χ3n) is 6.93. The van der Waals surface area contributed by atoms with Crippen LogP contribution < -0.4 is 4.90 Å². The minimum Gasteiger partial charge on any atom is -0.356 e. The van der Waals surface area contributed by atoms with Gasteiger partial charge in [0.05, 0.1) is 17.6 Å². The number of fused-ring (bicyclic) bond motifs is 1. The van der Waals surface area contributed by atoms with Gasteiger partial charge in [0.2, 0.25) is 0 Å². The first-order valence-corrected chi connectivity index (χ1v) is 11.8. The van der Waals surface area contributed by atoms with Crippen LogP contribution in [-0.2, 0) is 6.42 Å². The molecule has 1 aromatic carbocycles. The van der Waals surface area contributed by atoms with Crippen molar-refractivity contribution in [3.8, 4) is 11.3 Å². The van der Waals surface area contributed by atoms with Crippen LogP contribution in [0.5, 0.6) is 0 Å². The van der Waals surface area contributed by atoms with Gasteiger partial charge in [0.15, 0.2) is 0 Å². The number of aromatic nitrogens is 6. The van der Waals surface area contributed by atoms with E-state index in [-0.39, 0.29) is 0 Å². The van der Waals surface area contributed by atoms with Crippen molar-refractivity contribution in [2.24, 2.45) is 0 Å². The summed E-state index contributed by atoms with van der Waals surface area (Å²) in [7, 11) is 0. The van der Waals surface area contributed by atoms with Crippen molar-refractivity contribution >= 4 is 17.5 Å². The first-order valence-electron chi connectivity index (χ1n) is 11.8. The van der Waals surface area contributed by atoms with Crippen LogP contribution in [0.1, 0.15) is 53.6 Å². The fourth-order valence-corrected chi connectivity index (χ4v) is 5.08. The monoisotopic (exact) mass is 473 g/mol. The van der Waals surface area contributed by atoms with Crippen molar-refractivity contribution in [3.05, 3.63) is 77.4 Å². The van der Waals surface area contributed by atoms with Gasteiger partial charge in [-0.3, -0.25) is 0 Å². The largest absolute Gasteiger partial charge is 0.356 e. The molecule has 6 rings (SSSR count). The molecule has 1 fully saturated rings. The number of nitrogens with zero attached hydrogens (tertiary/aromatic N) is 6. The van der Waals surface area contributed by atoms with Crippen molar-refractivity contribution in [3.63, 3.8) is 0 Å². The molecule has 0 amide bonds. The van der Waals surface area contributed by atoms with Crippen molar-refractivity contribution < 1.29 is 8.78 Å². The molecule has 35 heavy (non-hydrogen) atoms. The topological polar surface area (TPSA) is 75.5 Å². The van der Waals surface area contributed by atoms with Gasteiger partial charge >= 0.3 is 6.55 Å². The number of aromatic amines is 1. The summed E-state index contributed by atoms with van der Waals surface area (Å²) in [4.78, 5) is 19.8. The summed E-state index contributed by atoms with van der Waals surface area (Å²) in [5.74, 6) is 2.32. The van der Waals surface area contributed by atoms with E-state index >= 15 is 0 Å². The number of allylic oxidation sites excluding steroid dienone is 1. The molecule has 2 aliphatic rings. The maximum atomic E-state index is 12.9. The maximum Gasteiger partial charge on any atom is 0.333 e. The Morgan fingerprint density at radius 3 is 2.60 bits per heavy atom. The number of halogens is 2. The van der Waals surface area contributed by atoms with Crippen molar-refractivity contribution in [1.29, 1.82) is 0 Å². The van der Waals surface area contributed by atoms with E-state index < -0.39 is 6.55 Å². The molecule has 3 aromatic heterocycles. The molecule has 0 radical (unpaired) electrons. The van der Waals surface area contributed by atoms with Crippen LogP contribution in [0.2, 0.25) is 0 Å². The molecule has 7 nitrogen and oxygen atoms in total. The SMILES string of the molecule is Cc1[nH]c(C2CCN(c3ncnc4c3C=C(c3cnn(C(F)F)c3)C4)CC2)nc1-c1ccccc1. The van der Waals surface area contributed by atoms with Crippen molar-refractivity contribution in [1.82, 2.24) is 29.7 Å². The Balaban J connectivity index is 1.19. The predicted octanol–water partition coefficient (Wildman–Crippen LogP) is 5.25. The average molecular weight is 474 g/mol. The molecule has 0 bridgehead atoms. The van der Waals surface area contributed by atoms with Crippen LogP contribution in [-0.4, -0.2) is 42.8 Å². The molecule has 4 heterocycles. The summed E-state index contributed by atoms with van der Waals surface area (Å²) in [5.41, 5.74) is 6.76. The van der Waals surface area contributed by atoms with Gasteiger partial charge in [-0.25, -0.2) is 19.6 Å². The lowest BCUT2D eigenvalue weighted by Gasteiger charge is -2.32. The van der Waals surface area contributed by atoms with E-state index in [9.17, 15) is 8.78 Å². The smallest absolute Gasteiger partial charge is 0.333 e. The van der Waals surface area contributed by atoms with Crippen LogP contribution in [0.15, 0.2) is 49.1 Å². The standard InChI is InChI=1S/C26H25F2N7/c1-16-23(17-5-3-2-4-6-17)33-24(32-16)18-7-9-34(10-8-18)25-21-11-19(12-22(21)29-15-30-25)20-13-31-35(14-20)26(27)28/h2-6,11,13-15,18,26H,7-10,12H2,1H3,(H,32,33). The molecule has 1 aliphatic heterocycles. The van der Waals surface area contributed by atoms with Gasteiger partial charge in [0.1, 0.15) is 18.0 Å². The number of rotatable bonds is 5. The summed E-state index contributed by atoms with van der Waals surface area (Å²) < 4.78 is 26.6. The number of alkyl halides is 2. The highest BCUT2D eigenvalue weighted by molar-refractivity contribution is 5.90. The van der Waals surface area contributed by atoms with Gasteiger partial charge in [0, 0.05) is 54.0 Å². The summed E-state index contributed by atoms with van der Waals surface area (Å²) in [6.07, 6.45) is 9.01. The predicted molar refractivity (Wildman–Crippen MR) is 130 cm³/mol. The zero-order chi connectivity index (χ0) is 23.9. The van der Waals surface area contributed by atoms with Gasteiger partial charge < -0.3 is 9.88 Å². The van der Waals surface area contributed by atoms with Crippen LogP contribution >= 0.6 is 0 Å². The Labute approximate surface area is 201 Å². The van der Waals surface area contributed by atoms with Gasteiger partial charge in [-0.05, 0) is 31.4 Å². The molecule has 1 N–H and O–H groups in total. The van der Waals surface area contributed by atoms with E-state index in [2.05, 4.69) is 44.0 Å². The fourth-order valence-electron chi connectivity index (χ4n) is 5.08.